The Kier molecular flexibility index (Phi) is 291. The average Bonchev–Trinajstić information content (AvgIpc) is 0. The topological polar surface area (TPSA) is 0 Å². The molecule has 0 spiro atoms. The third kappa shape index (κ3) is 9.65. The van der Waals surface area contributed by atoms with E-state index in [-0.39, 0.29) is 57.6 Å². The first-order valence-corrected chi connectivity index (χ1v) is 0. The molecule has 0 saturated carbocycles. The predicted octanol–water partition coefficient (Wildman–Crippen LogP) is -5.31. The van der Waals surface area contributed by atoms with Gasteiger partial charge in [0.05, 0.1) is 0 Å². The first-order chi connectivity index (χ1) is 0. The Labute approximate surface area is 57.6 Å². The zero-order valence-corrected chi connectivity index (χ0v) is 5.27. The Hall–Kier alpha value is 1.53. The maximum absolute atomic E-state index is 0. The largest absolute Gasteiger partial charge is 2.00 e. The van der Waals surface area contributed by atoms with Crippen LogP contribution in [0.4, 0.5) is 0 Å². The summed E-state index contributed by atoms with van der Waals surface area (Å²) in [6, 6.07) is 0. The second-order valence-corrected chi connectivity index (χ2v) is 0. The van der Waals surface area contributed by atoms with Crippen LogP contribution in [0.5, 0.6) is 0 Å². The van der Waals surface area contributed by atoms with Crippen LogP contribution in [0.2, 0.25) is 0 Å². The number of rotatable bonds is 0. The van der Waals surface area contributed by atoms with E-state index in [1.54, 1.807) is 0 Å². The molecule has 0 nitrogen and oxygen atoms in total. The summed E-state index contributed by atoms with van der Waals surface area (Å²) >= 11 is 0. The Bertz CT molecular complexity index is 3.25. The SMILES string of the molecule is [Cl-].[Cl-].[Cl].[Pd+2]. The standard InChI is InChI=1S/2ClH.Cl.Pd/h2*1H;;/q;;;+2/p-2. The summed E-state index contributed by atoms with van der Waals surface area (Å²) in [4.78, 5) is 0. The molecule has 0 aliphatic heterocycles. The van der Waals surface area contributed by atoms with Crippen molar-refractivity contribution in [3.8, 4) is 0 Å². The summed E-state index contributed by atoms with van der Waals surface area (Å²) in [6.45, 7) is 0. The van der Waals surface area contributed by atoms with Crippen LogP contribution in [0.15, 0.2) is 0 Å². The molecule has 0 saturated heterocycles. The van der Waals surface area contributed by atoms with Crippen LogP contribution < -0.4 is 24.8 Å². The number of halogens is 3. The van der Waals surface area contributed by atoms with E-state index in [9.17, 15) is 0 Å². The van der Waals surface area contributed by atoms with Crippen molar-refractivity contribution in [2.75, 3.05) is 0 Å². The second kappa shape index (κ2) is 24.1. The summed E-state index contributed by atoms with van der Waals surface area (Å²) in [5, 5.41) is 0. The second-order valence-electron chi connectivity index (χ2n) is 0. The van der Waals surface area contributed by atoms with E-state index in [2.05, 4.69) is 0 Å². The maximum atomic E-state index is 0. The number of hydrogen-bond donors (Lipinski definition) is 0. The molecule has 0 heterocycles. The molecule has 0 aromatic heterocycles. The van der Waals surface area contributed by atoms with Crippen molar-refractivity contribution >= 4 is 12.4 Å². The van der Waals surface area contributed by atoms with Crippen molar-refractivity contribution < 1.29 is 45.2 Å². The molecule has 1 radical (unpaired) electrons. The Morgan fingerprint density at radius 1 is 0.750 bits per heavy atom. The molecule has 0 aliphatic carbocycles. The van der Waals surface area contributed by atoms with Crippen molar-refractivity contribution in [3.63, 3.8) is 0 Å². The minimum atomic E-state index is 0. The van der Waals surface area contributed by atoms with Gasteiger partial charge in [-0.25, -0.2) is 0 Å². The van der Waals surface area contributed by atoms with Gasteiger partial charge in [0.1, 0.15) is 0 Å². The Morgan fingerprint density at radius 2 is 0.750 bits per heavy atom. The van der Waals surface area contributed by atoms with Crippen molar-refractivity contribution in [1.29, 1.82) is 0 Å². The van der Waals surface area contributed by atoms with Gasteiger partial charge in [-0.2, -0.15) is 0 Å². The van der Waals surface area contributed by atoms with E-state index in [1.807, 2.05) is 0 Å². The molecule has 0 amide bonds. The van der Waals surface area contributed by atoms with E-state index in [4.69, 9.17) is 0 Å². The van der Waals surface area contributed by atoms with Gasteiger partial charge in [0.15, 0.2) is 0 Å². The van der Waals surface area contributed by atoms with Crippen molar-refractivity contribution in [2.45, 2.75) is 0 Å². The molecule has 4 heteroatoms. The molecule has 0 unspecified atom stereocenters. The van der Waals surface area contributed by atoms with Crippen LogP contribution in [-0.4, -0.2) is 0 Å². The third-order valence-electron chi connectivity index (χ3n) is 0. The van der Waals surface area contributed by atoms with E-state index >= 15 is 0 Å². The van der Waals surface area contributed by atoms with E-state index in [0.717, 1.165) is 0 Å². The van der Waals surface area contributed by atoms with Crippen LogP contribution in [0, 0.1) is 0 Å². The van der Waals surface area contributed by atoms with E-state index in [0.29, 0.717) is 0 Å². The molecular weight excluding hydrogens is 213 g/mol. The Balaban J connectivity index is 0. The molecule has 0 rings (SSSR count). The van der Waals surface area contributed by atoms with Gasteiger partial charge in [-0.1, -0.05) is 0 Å². The van der Waals surface area contributed by atoms with Gasteiger partial charge >= 0.3 is 20.4 Å². The molecule has 0 fully saturated rings. The fraction of sp³-hybridized carbons (Fsp3) is 0. The predicted molar refractivity (Wildman–Crippen MR) is 5.85 cm³/mol. The van der Waals surface area contributed by atoms with Crippen LogP contribution >= 0.6 is 12.4 Å². The minimum absolute atomic E-state index is 0. The smallest absolute Gasteiger partial charge is 1.00 e. The van der Waals surface area contributed by atoms with Crippen molar-refractivity contribution in [2.24, 2.45) is 0 Å². The fourth-order valence-electron chi connectivity index (χ4n) is 0. The van der Waals surface area contributed by atoms with Crippen LogP contribution in [0.3, 0.4) is 0 Å². The monoisotopic (exact) mass is 211 g/mol. The van der Waals surface area contributed by atoms with Crippen LogP contribution in [0.1, 0.15) is 0 Å². The molecule has 0 bridgehead atoms. The maximum Gasteiger partial charge on any atom is 2.00 e. The van der Waals surface area contributed by atoms with Crippen LogP contribution in [0.25, 0.3) is 0 Å². The van der Waals surface area contributed by atoms with Crippen molar-refractivity contribution in [1.82, 2.24) is 0 Å². The van der Waals surface area contributed by atoms with E-state index in [1.165, 1.54) is 0 Å². The van der Waals surface area contributed by atoms with Crippen molar-refractivity contribution in [3.05, 3.63) is 0 Å². The zero-order chi connectivity index (χ0) is 0. The van der Waals surface area contributed by atoms with Gasteiger partial charge in [-0.3, -0.25) is 0 Å². The summed E-state index contributed by atoms with van der Waals surface area (Å²) < 4.78 is 0. The molecule has 0 aromatic rings. The average molecular weight is 213 g/mol. The van der Waals surface area contributed by atoms with E-state index < -0.39 is 0 Å². The summed E-state index contributed by atoms with van der Waals surface area (Å²) in [5.41, 5.74) is 0. The summed E-state index contributed by atoms with van der Waals surface area (Å²) in [7, 11) is 0. The molecule has 4 heavy (non-hydrogen) atoms. The van der Waals surface area contributed by atoms with Gasteiger partial charge in [0, 0.05) is 12.4 Å². The zero-order valence-electron chi connectivity index (χ0n) is 1.45. The quantitative estimate of drug-likeness (QED) is 0.352. The fourth-order valence-corrected chi connectivity index (χ4v) is 0. The Morgan fingerprint density at radius 3 is 0.750 bits per heavy atom. The van der Waals surface area contributed by atoms with Gasteiger partial charge in [0.25, 0.3) is 0 Å². The molecule has 0 N–H and O–H groups in total. The summed E-state index contributed by atoms with van der Waals surface area (Å²) in [5.74, 6) is 0. The van der Waals surface area contributed by atoms with Gasteiger partial charge in [-0.15, -0.1) is 0 Å². The normalized spacial score (nSPS) is 0. The molecular formula is Cl3Pd. The van der Waals surface area contributed by atoms with Gasteiger partial charge in [-0.05, 0) is 0 Å². The molecule has 0 aliphatic rings. The first kappa shape index (κ1) is 48.4. The first-order valence-electron chi connectivity index (χ1n) is 0. The third-order valence-corrected chi connectivity index (χ3v) is 0. The van der Waals surface area contributed by atoms with Gasteiger partial charge in [0.2, 0.25) is 0 Å². The molecule has 0 atom stereocenters. The number of hydrogen-bond acceptors (Lipinski definition) is 0. The summed E-state index contributed by atoms with van der Waals surface area (Å²) in [6.07, 6.45) is 0. The van der Waals surface area contributed by atoms with Gasteiger partial charge < -0.3 is 24.8 Å². The molecule has 0 aromatic carbocycles. The minimum Gasteiger partial charge on any atom is -1.00 e. The molecule has 31 valence electrons. The van der Waals surface area contributed by atoms with Crippen LogP contribution in [-0.2, 0) is 20.4 Å².